The zero-order chi connectivity index (χ0) is 23.7. The molecule has 7 nitrogen and oxygen atoms in total. The molecule has 0 unspecified atom stereocenters. The van der Waals surface area contributed by atoms with Crippen LogP contribution < -0.4 is 15.2 Å². The number of ketones is 1. The van der Waals surface area contributed by atoms with E-state index in [9.17, 15) is 10.1 Å². The van der Waals surface area contributed by atoms with Crippen LogP contribution in [-0.4, -0.2) is 44.1 Å². The first-order valence-corrected chi connectivity index (χ1v) is 10.8. The van der Waals surface area contributed by atoms with Gasteiger partial charge in [0.05, 0.1) is 31.8 Å². The standard InChI is InChI=1S/C26H28N4O3/c1-29(2)30-20-13-17(16-9-6-5-7-10-16)14-21(31)24(20)23(19(15-27)26(30)28)18-11-8-12-22(32-3)25(18)33-4/h5-12,17,23H,13-14,28H2,1-4H3/t17-,23+/m0/s1. The number of rotatable bonds is 5. The first-order valence-electron chi connectivity index (χ1n) is 10.8. The minimum absolute atomic E-state index is 0.00655. The Bertz CT molecular complexity index is 1180. The molecule has 0 bridgehead atoms. The van der Waals surface area contributed by atoms with Crippen LogP contribution in [-0.2, 0) is 4.79 Å². The highest BCUT2D eigenvalue weighted by Gasteiger charge is 2.44. The summed E-state index contributed by atoms with van der Waals surface area (Å²) >= 11 is 0. The largest absolute Gasteiger partial charge is 0.493 e. The van der Waals surface area contributed by atoms with Gasteiger partial charge in [0.1, 0.15) is 5.82 Å². The predicted octanol–water partition coefficient (Wildman–Crippen LogP) is 3.67. The summed E-state index contributed by atoms with van der Waals surface area (Å²) in [5, 5.41) is 13.8. The van der Waals surface area contributed by atoms with E-state index in [1.165, 1.54) is 0 Å². The summed E-state index contributed by atoms with van der Waals surface area (Å²) in [4.78, 5) is 13.7. The number of nitrogens with two attached hydrogens (primary N) is 1. The average molecular weight is 445 g/mol. The summed E-state index contributed by atoms with van der Waals surface area (Å²) in [6.45, 7) is 0. The lowest BCUT2D eigenvalue weighted by molar-refractivity contribution is -0.117. The van der Waals surface area contributed by atoms with Gasteiger partial charge in [-0.2, -0.15) is 5.26 Å². The van der Waals surface area contributed by atoms with Crippen molar-refractivity contribution in [2.24, 2.45) is 5.73 Å². The van der Waals surface area contributed by atoms with Gasteiger partial charge in [-0.15, -0.1) is 0 Å². The number of nitriles is 1. The Kier molecular flexibility index (Phi) is 6.12. The topological polar surface area (TPSA) is 91.8 Å². The third-order valence-electron chi connectivity index (χ3n) is 6.36. The summed E-state index contributed by atoms with van der Waals surface area (Å²) in [5.41, 5.74) is 10.1. The van der Waals surface area contributed by atoms with E-state index in [2.05, 4.69) is 18.2 Å². The number of para-hydroxylation sites is 1. The Morgan fingerprint density at radius 1 is 1.06 bits per heavy atom. The van der Waals surface area contributed by atoms with Gasteiger partial charge in [-0.05, 0) is 24.0 Å². The number of carbonyl (C=O) groups excluding carboxylic acids is 1. The van der Waals surface area contributed by atoms with Crippen LogP contribution in [0.5, 0.6) is 11.5 Å². The Balaban J connectivity index is 1.95. The quantitative estimate of drug-likeness (QED) is 0.752. The lowest BCUT2D eigenvalue weighted by atomic mass is 9.72. The highest BCUT2D eigenvalue weighted by atomic mass is 16.5. The molecule has 2 aromatic carbocycles. The Labute approximate surface area is 194 Å². The van der Waals surface area contributed by atoms with Crippen molar-refractivity contribution in [2.45, 2.75) is 24.7 Å². The van der Waals surface area contributed by atoms with Crippen molar-refractivity contribution in [2.75, 3.05) is 28.3 Å². The summed E-state index contributed by atoms with van der Waals surface area (Å²) in [6.07, 6.45) is 0.997. The molecule has 0 radical (unpaired) electrons. The van der Waals surface area contributed by atoms with E-state index in [1.807, 2.05) is 49.4 Å². The van der Waals surface area contributed by atoms with Crippen LogP contribution in [0, 0.1) is 11.3 Å². The van der Waals surface area contributed by atoms with Gasteiger partial charge < -0.3 is 15.2 Å². The number of hydrogen-bond acceptors (Lipinski definition) is 7. The Morgan fingerprint density at radius 2 is 1.79 bits per heavy atom. The first-order chi connectivity index (χ1) is 15.9. The summed E-state index contributed by atoms with van der Waals surface area (Å²) in [5.74, 6) is 0.756. The number of benzene rings is 2. The van der Waals surface area contributed by atoms with Crippen molar-refractivity contribution in [3.8, 4) is 17.6 Å². The predicted molar refractivity (Wildman–Crippen MR) is 125 cm³/mol. The number of Topliss-reactive ketones (excluding diaryl/α,β-unsaturated/α-hetero) is 1. The molecule has 0 aromatic heterocycles. The zero-order valence-electron chi connectivity index (χ0n) is 19.3. The molecular weight excluding hydrogens is 416 g/mol. The smallest absolute Gasteiger partial charge is 0.164 e. The molecule has 0 fully saturated rings. The van der Waals surface area contributed by atoms with Crippen LogP contribution in [0.1, 0.15) is 35.8 Å². The third kappa shape index (κ3) is 3.73. The number of ether oxygens (including phenoxy) is 2. The van der Waals surface area contributed by atoms with Crippen molar-refractivity contribution in [3.05, 3.63) is 82.3 Å². The lowest BCUT2D eigenvalue weighted by Crippen LogP contribution is -2.46. The highest BCUT2D eigenvalue weighted by molar-refractivity contribution is 6.00. The number of allylic oxidation sites excluding steroid dienone is 3. The van der Waals surface area contributed by atoms with E-state index >= 15 is 0 Å². The lowest BCUT2D eigenvalue weighted by Gasteiger charge is -2.44. The molecule has 1 aliphatic heterocycles. The molecule has 4 rings (SSSR count). The molecule has 2 aliphatic rings. The van der Waals surface area contributed by atoms with E-state index in [4.69, 9.17) is 15.2 Å². The van der Waals surface area contributed by atoms with Crippen LogP contribution in [0.4, 0.5) is 0 Å². The van der Waals surface area contributed by atoms with Crippen LogP contribution in [0.25, 0.3) is 0 Å². The maximum absolute atomic E-state index is 13.7. The average Bonchev–Trinajstić information content (AvgIpc) is 2.82. The monoisotopic (exact) mass is 444 g/mol. The Hall–Kier alpha value is -3.76. The molecule has 33 heavy (non-hydrogen) atoms. The Morgan fingerprint density at radius 3 is 2.39 bits per heavy atom. The van der Waals surface area contributed by atoms with Crippen LogP contribution in [0.2, 0.25) is 0 Å². The zero-order valence-corrected chi connectivity index (χ0v) is 19.3. The molecule has 0 amide bonds. The minimum atomic E-state index is -0.629. The van der Waals surface area contributed by atoms with Crippen LogP contribution in [0.15, 0.2) is 71.2 Å². The molecule has 2 aromatic rings. The van der Waals surface area contributed by atoms with Crippen molar-refractivity contribution in [1.29, 1.82) is 5.26 Å². The molecule has 0 saturated heterocycles. The fourth-order valence-corrected chi connectivity index (χ4v) is 4.98. The maximum Gasteiger partial charge on any atom is 0.164 e. The van der Waals surface area contributed by atoms with Crippen molar-refractivity contribution < 1.29 is 14.3 Å². The van der Waals surface area contributed by atoms with E-state index in [1.54, 1.807) is 25.3 Å². The normalized spacial score (nSPS) is 20.6. The molecule has 170 valence electrons. The van der Waals surface area contributed by atoms with Crippen molar-refractivity contribution in [3.63, 3.8) is 0 Å². The van der Waals surface area contributed by atoms with Crippen molar-refractivity contribution >= 4 is 5.78 Å². The second kappa shape index (κ2) is 9.00. The van der Waals surface area contributed by atoms with Gasteiger partial charge in [-0.25, -0.2) is 5.01 Å². The van der Waals surface area contributed by atoms with E-state index in [0.29, 0.717) is 46.9 Å². The van der Waals surface area contributed by atoms with E-state index in [0.717, 1.165) is 11.3 Å². The van der Waals surface area contributed by atoms with Gasteiger partial charge in [-0.3, -0.25) is 9.80 Å². The van der Waals surface area contributed by atoms with E-state index < -0.39 is 5.92 Å². The van der Waals surface area contributed by atoms with Gasteiger partial charge in [0.2, 0.25) is 0 Å². The van der Waals surface area contributed by atoms with Gasteiger partial charge in [0.15, 0.2) is 17.3 Å². The molecule has 0 spiro atoms. The minimum Gasteiger partial charge on any atom is -0.493 e. The van der Waals surface area contributed by atoms with Gasteiger partial charge in [0, 0.05) is 37.3 Å². The van der Waals surface area contributed by atoms with Crippen LogP contribution >= 0.6 is 0 Å². The number of methoxy groups -OCH3 is 2. The molecule has 1 aliphatic carbocycles. The summed E-state index contributed by atoms with van der Waals surface area (Å²) in [6, 6.07) is 17.8. The fraction of sp³-hybridized carbons (Fsp3) is 0.308. The fourth-order valence-electron chi connectivity index (χ4n) is 4.98. The molecule has 1 heterocycles. The van der Waals surface area contributed by atoms with Crippen LogP contribution in [0.3, 0.4) is 0 Å². The molecule has 7 heteroatoms. The second-order valence-electron chi connectivity index (χ2n) is 8.38. The number of hydrazine groups is 1. The summed E-state index contributed by atoms with van der Waals surface area (Å²) < 4.78 is 11.2. The number of nitrogens with zero attached hydrogens (tertiary/aromatic N) is 3. The molecular formula is C26H28N4O3. The molecule has 2 atom stereocenters. The van der Waals surface area contributed by atoms with Gasteiger partial charge in [-0.1, -0.05) is 42.5 Å². The summed E-state index contributed by atoms with van der Waals surface area (Å²) in [7, 11) is 6.83. The SMILES string of the molecule is COc1cccc([C@@H]2C(C#N)=C(N)N(N(C)C)C3=C2C(=O)C[C@@H](c2ccccc2)C3)c1OC. The van der Waals surface area contributed by atoms with E-state index in [-0.39, 0.29) is 11.7 Å². The van der Waals surface area contributed by atoms with Gasteiger partial charge in [0.25, 0.3) is 0 Å². The molecule has 0 saturated carbocycles. The number of hydrogen-bond donors (Lipinski definition) is 1. The second-order valence-corrected chi connectivity index (χ2v) is 8.38. The van der Waals surface area contributed by atoms with Crippen molar-refractivity contribution in [1.82, 2.24) is 10.0 Å². The first kappa shape index (κ1) is 22.4. The third-order valence-corrected chi connectivity index (χ3v) is 6.36. The maximum atomic E-state index is 13.7. The highest BCUT2D eigenvalue weighted by Crippen LogP contribution is 2.50. The number of carbonyl (C=O) groups is 1. The molecule has 2 N–H and O–H groups in total. The van der Waals surface area contributed by atoms with Gasteiger partial charge >= 0.3 is 0 Å².